The summed E-state index contributed by atoms with van der Waals surface area (Å²) in [6, 6.07) is 11.9. The van der Waals surface area contributed by atoms with Gasteiger partial charge in [0.15, 0.2) is 12.3 Å². The van der Waals surface area contributed by atoms with E-state index in [1.54, 1.807) is 36.4 Å². The van der Waals surface area contributed by atoms with E-state index in [0.29, 0.717) is 27.4 Å². The highest BCUT2D eigenvalue weighted by Crippen LogP contribution is 2.27. The van der Waals surface area contributed by atoms with Gasteiger partial charge in [-0.1, -0.05) is 29.8 Å². The molecular weight excluding hydrogens is 346 g/mol. The zero-order valence-electron chi connectivity index (χ0n) is 13.2. The molecule has 1 heterocycles. The highest BCUT2D eigenvalue weighted by molar-refractivity contribution is 6.32. The Morgan fingerprint density at radius 3 is 2.80 bits per heavy atom. The molecule has 0 aliphatic rings. The Morgan fingerprint density at radius 1 is 1.24 bits per heavy atom. The SMILES string of the molecule is COc1ccc(NC(=O)COC(=O)c2n[nH]c3ccccc23)cc1Cl. The van der Waals surface area contributed by atoms with Gasteiger partial charge in [0.1, 0.15) is 5.75 Å². The third-order valence-electron chi connectivity index (χ3n) is 3.43. The molecule has 7 nitrogen and oxygen atoms in total. The van der Waals surface area contributed by atoms with E-state index in [1.165, 1.54) is 7.11 Å². The molecule has 0 saturated heterocycles. The molecule has 8 heteroatoms. The third kappa shape index (κ3) is 3.72. The van der Waals surface area contributed by atoms with Gasteiger partial charge < -0.3 is 14.8 Å². The van der Waals surface area contributed by atoms with E-state index in [1.807, 2.05) is 6.07 Å². The van der Waals surface area contributed by atoms with E-state index in [-0.39, 0.29) is 5.69 Å². The first-order valence-corrected chi connectivity index (χ1v) is 7.70. The Labute approximate surface area is 147 Å². The van der Waals surface area contributed by atoms with Gasteiger partial charge in [-0.2, -0.15) is 5.10 Å². The van der Waals surface area contributed by atoms with Crippen LogP contribution in [0.3, 0.4) is 0 Å². The van der Waals surface area contributed by atoms with Crippen LogP contribution in [0.25, 0.3) is 10.9 Å². The topological polar surface area (TPSA) is 93.3 Å². The highest BCUT2D eigenvalue weighted by atomic mass is 35.5. The second-order valence-electron chi connectivity index (χ2n) is 5.09. The molecule has 0 spiro atoms. The normalized spacial score (nSPS) is 10.5. The van der Waals surface area contributed by atoms with Gasteiger partial charge in [0.05, 0.1) is 17.6 Å². The molecule has 1 amide bonds. The number of aromatic nitrogens is 2. The first-order chi connectivity index (χ1) is 12.1. The van der Waals surface area contributed by atoms with Crippen LogP contribution in [-0.2, 0) is 9.53 Å². The van der Waals surface area contributed by atoms with Gasteiger partial charge in [0.25, 0.3) is 5.91 Å². The van der Waals surface area contributed by atoms with Crippen molar-refractivity contribution < 1.29 is 19.1 Å². The van der Waals surface area contributed by atoms with Crippen molar-refractivity contribution in [2.75, 3.05) is 19.0 Å². The van der Waals surface area contributed by atoms with Crippen LogP contribution in [0.15, 0.2) is 42.5 Å². The van der Waals surface area contributed by atoms with Gasteiger partial charge in [-0.05, 0) is 24.3 Å². The number of rotatable bonds is 5. The number of H-pyrrole nitrogens is 1. The van der Waals surface area contributed by atoms with Crippen molar-refractivity contribution in [1.82, 2.24) is 10.2 Å². The lowest BCUT2D eigenvalue weighted by molar-refractivity contribution is -0.119. The summed E-state index contributed by atoms with van der Waals surface area (Å²) in [5.41, 5.74) is 1.32. The Balaban J connectivity index is 1.60. The molecule has 0 aliphatic heterocycles. The predicted octanol–water partition coefficient (Wildman–Crippen LogP) is 3.02. The number of hydrogen-bond donors (Lipinski definition) is 2. The standard InChI is InChI=1S/C17H14ClN3O4/c1-24-14-7-6-10(8-12(14)18)19-15(22)9-25-17(23)16-11-4-2-3-5-13(11)20-21-16/h2-8H,9H2,1H3,(H,19,22)(H,20,21). The molecule has 0 fully saturated rings. The van der Waals surface area contributed by atoms with Crippen LogP contribution in [-0.4, -0.2) is 35.8 Å². The summed E-state index contributed by atoms with van der Waals surface area (Å²) in [7, 11) is 1.50. The van der Waals surface area contributed by atoms with Crippen molar-refractivity contribution in [2.45, 2.75) is 0 Å². The van der Waals surface area contributed by atoms with Crippen molar-refractivity contribution in [3.05, 3.63) is 53.2 Å². The van der Waals surface area contributed by atoms with E-state index in [4.69, 9.17) is 21.1 Å². The fourth-order valence-corrected chi connectivity index (χ4v) is 2.52. The fraction of sp³-hybridized carbons (Fsp3) is 0.118. The van der Waals surface area contributed by atoms with Crippen LogP contribution in [0.2, 0.25) is 5.02 Å². The molecular formula is C17H14ClN3O4. The molecule has 0 aliphatic carbocycles. The van der Waals surface area contributed by atoms with Crippen LogP contribution in [0, 0.1) is 0 Å². The first-order valence-electron chi connectivity index (χ1n) is 7.32. The Bertz CT molecular complexity index is 939. The number of nitrogens with one attached hydrogen (secondary N) is 2. The van der Waals surface area contributed by atoms with E-state index in [9.17, 15) is 9.59 Å². The maximum atomic E-state index is 12.1. The number of benzene rings is 2. The summed E-state index contributed by atoms with van der Waals surface area (Å²) in [4.78, 5) is 24.0. The first kappa shape index (κ1) is 16.8. The summed E-state index contributed by atoms with van der Waals surface area (Å²) < 4.78 is 10.0. The quantitative estimate of drug-likeness (QED) is 0.683. The average molecular weight is 360 g/mol. The number of carbonyl (C=O) groups is 2. The minimum atomic E-state index is -0.680. The zero-order valence-corrected chi connectivity index (χ0v) is 14.0. The zero-order chi connectivity index (χ0) is 17.8. The number of esters is 1. The van der Waals surface area contributed by atoms with Crippen molar-refractivity contribution in [3.8, 4) is 5.75 Å². The molecule has 25 heavy (non-hydrogen) atoms. The highest BCUT2D eigenvalue weighted by Gasteiger charge is 2.16. The van der Waals surface area contributed by atoms with Crippen molar-refractivity contribution in [3.63, 3.8) is 0 Å². The summed E-state index contributed by atoms with van der Waals surface area (Å²) in [5, 5.41) is 10.2. The largest absolute Gasteiger partial charge is 0.495 e. The number of amides is 1. The number of para-hydroxylation sites is 1. The molecule has 0 saturated carbocycles. The number of carbonyl (C=O) groups excluding carboxylic acids is 2. The smallest absolute Gasteiger partial charge is 0.359 e. The third-order valence-corrected chi connectivity index (χ3v) is 3.73. The summed E-state index contributed by atoms with van der Waals surface area (Å²) in [6.45, 7) is -0.441. The number of fused-ring (bicyclic) bond motifs is 1. The summed E-state index contributed by atoms with van der Waals surface area (Å²) in [6.07, 6.45) is 0. The van der Waals surface area contributed by atoms with Crippen LogP contribution >= 0.6 is 11.6 Å². The minimum Gasteiger partial charge on any atom is -0.495 e. The fourth-order valence-electron chi connectivity index (χ4n) is 2.26. The van der Waals surface area contributed by atoms with E-state index in [0.717, 1.165) is 0 Å². The number of ether oxygens (including phenoxy) is 2. The summed E-state index contributed by atoms with van der Waals surface area (Å²) in [5.74, 6) is -0.675. The average Bonchev–Trinajstić information content (AvgIpc) is 3.04. The van der Waals surface area contributed by atoms with E-state index in [2.05, 4.69) is 15.5 Å². The molecule has 128 valence electrons. The molecule has 3 rings (SSSR count). The maximum absolute atomic E-state index is 12.1. The van der Waals surface area contributed by atoms with Gasteiger partial charge in [-0.3, -0.25) is 9.89 Å². The number of hydrogen-bond acceptors (Lipinski definition) is 5. The Morgan fingerprint density at radius 2 is 2.04 bits per heavy atom. The van der Waals surface area contributed by atoms with Gasteiger partial charge in [-0.15, -0.1) is 0 Å². The number of methoxy groups -OCH3 is 1. The lowest BCUT2D eigenvalue weighted by Crippen LogP contribution is -2.21. The molecule has 0 atom stereocenters. The molecule has 0 radical (unpaired) electrons. The van der Waals surface area contributed by atoms with E-state index >= 15 is 0 Å². The molecule has 2 N–H and O–H groups in total. The number of anilines is 1. The van der Waals surface area contributed by atoms with Crippen LogP contribution in [0.1, 0.15) is 10.5 Å². The van der Waals surface area contributed by atoms with Crippen molar-refractivity contribution in [1.29, 1.82) is 0 Å². The maximum Gasteiger partial charge on any atom is 0.359 e. The van der Waals surface area contributed by atoms with Gasteiger partial charge >= 0.3 is 5.97 Å². The van der Waals surface area contributed by atoms with Crippen molar-refractivity contribution >= 4 is 40.1 Å². The predicted molar refractivity (Wildman–Crippen MR) is 93.0 cm³/mol. The van der Waals surface area contributed by atoms with E-state index < -0.39 is 18.5 Å². The summed E-state index contributed by atoms with van der Waals surface area (Å²) >= 11 is 5.99. The molecule has 3 aromatic rings. The molecule has 2 aromatic carbocycles. The van der Waals surface area contributed by atoms with Crippen LogP contribution < -0.4 is 10.1 Å². The number of halogens is 1. The lowest BCUT2D eigenvalue weighted by atomic mass is 10.2. The number of aromatic amines is 1. The Kier molecular flexibility index (Phi) is 4.85. The van der Waals surface area contributed by atoms with Gasteiger partial charge in [-0.25, -0.2) is 4.79 Å². The van der Waals surface area contributed by atoms with Gasteiger partial charge in [0, 0.05) is 11.1 Å². The molecule has 0 unspecified atom stereocenters. The second kappa shape index (κ2) is 7.23. The van der Waals surface area contributed by atoms with Gasteiger partial charge in [0.2, 0.25) is 0 Å². The molecule has 0 bridgehead atoms. The lowest BCUT2D eigenvalue weighted by Gasteiger charge is -2.08. The van der Waals surface area contributed by atoms with Crippen LogP contribution in [0.5, 0.6) is 5.75 Å². The monoisotopic (exact) mass is 359 g/mol. The van der Waals surface area contributed by atoms with Crippen LogP contribution in [0.4, 0.5) is 5.69 Å². The Hall–Kier alpha value is -3.06. The minimum absolute atomic E-state index is 0.135. The second-order valence-corrected chi connectivity index (χ2v) is 5.50. The number of nitrogens with zero attached hydrogens (tertiary/aromatic N) is 1. The molecule has 1 aromatic heterocycles. The van der Waals surface area contributed by atoms with Crippen molar-refractivity contribution in [2.24, 2.45) is 0 Å².